The van der Waals surface area contributed by atoms with Crippen LogP contribution >= 0.6 is 11.6 Å². The summed E-state index contributed by atoms with van der Waals surface area (Å²) in [5.74, 6) is -2.92. The Morgan fingerprint density at radius 2 is 1.86 bits per heavy atom. The van der Waals surface area contributed by atoms with Gasteiger partial charge in [0.25, 0.3) is 0 Å². The number of carbonyl (C=O) groups is 2. The molecule has 0 bridgehead atoms. The number of fused-ring (bicyclic) bond motifs is 1. The number of benzene rings is 3. The van der Waals surface area contributed by atoms with Gasteiger partial charge in [-0.25, -0.2) is 18.4 Å². The van der Waals surface area contributed by atoms with Crippen LogP contribution in [0, 0.1) is 11.6 Å². The predicted octanol–water partition coefficient (Wildman–Crippen LogP) is 6.67. The van der Waals surface area contributed by atoms with Crippen LogP contribution in [0.2, 0.25) is 5.02 Å². The van der Waals surface area contributed by atoms with Gasteiger partial charge in [0.2, 0.25) is 0 Å². The van der Waals surface area contributed by atoms with Crippen molar-refractivity contribution in [1.29, 1.82) is 0 Å². The molecule has 3 aromatic rings. The fourth-order valence-corrected chi connectivity index (χ4v) is 6.32. The minimum Gasteiger partial charge on any atom is -0.488 e. The van der Waals surface area contributed by atoms with Gasteiger partial charge in [-0.05, 0) is 51.3 Å². The Kier molecular flexibility index (Phi) is 8.77. The number of methoxy groups -OCH3 is 1. The lowest BCUT2D eigenvalue weighted by Crippen LogP contribution is -2.53. The first-order valence-electron chi connectivity index (χ1n) is 14.3. The molecule has 0 aliphatic carbocycles. The summed E-state index contributed by atoms with van der Waals surface area (Å²) in [5, 5.41) is 8.82. The number of hydrogen-bond donors (Lipinski definition) is 1. The zero-order chi connectivity index (χ0) is 31.8. The van der Waals surface area contributed by atoms with Gasteiger partial charge in [0.05, 0.1) is 30.3 Å². The van der Waals surface area contributed by atoms with E-state index >= 15 is 8.78 Å². The van der Waals surface area contributed by atoms with Gasteiger partial charge in [0.1, 0.15) is 23.8 Å². The van der Waals surface area contributed by atoms with Crippen molar-refractivity contribution < 1.29 is 42.4 Å². The normalized spacial score (nSPS) is 19.4. The SMILES string of the molecule is COC(=O)c1ccc(OCCO)c(F)c1-c1c(Cl)c(F)cc2c1C[C@](c1ccccc1)([C@@H]1CCCN1C(=O)OC(C)(C)C)O2. The second-order valence-electron chi connectivity index (χ2n) is 11.8. The highest BCUT2D eigenvalue weighted by Crippen LogP contribution is 2.53. The highest BCUT2D eigenvalue weighted by molar-refractivity contribution is 6.34. The van der Waals surface area contributed by atoms with E-state index in [1.54, 1.807) is 25.7 Å². The highest BCUT2D eigenvalue weighted by atomic mass is 35.5. The molecular formula is C33H34ClF2NO7. The van der Waals surface area contributed by atoms with Crippen LogP contribution in [0.4, 0.5) is 13.6 Å². The Balaban J connectivity index is 1.72. The lowest BCUT2D eigenvalue weighted by atomic mass is 9.79. The lowest BCUT2D eigenvalue weighted by Gasteiger charge is -2.40. The second kappa shape index (κ2) is 12.2. The molecule has 8 nitrogen and oxygen atoms in total. The molecule has 2 heterocycles. The number of halogens is 3. The van der Waals surface area contributed by atoms with Crippen molar-refractivity contribution in [3.8, 4) is 22.6 Å². The molecule has 0 saturated carbocycles. The van der Waals surface area contributed by atoms with E-state index < -0.39 is 46.0 Å². The van der Waals surface area contributed by atoms with E-state index in [2.05, 4.69) is 0 Å². The van der Waals surface area contributed by atoms with E-state index in [1.807, 2.05) is 30.3 Å². The van der Waals surface area contributed by atoms with Crippen LogP contribution in [0.25, 0.3) is 11.1 Å². The van der Waals surface area contributed by atoms with E-state index in [0.717, 1.165) is 13.2 Å². The standard InChI is InChI=1S/C33H34ClF2NO7/c1-32(2,3)44-31(40)37-14-8-11-25(37)33(19-9-6-5-7-10-19)18-21-24(43-33)17-22(35)28(34)26(21)27-20(30(39)41-4)12-13-23(29(27)36)42-16-15-38/h5-7,9-10,12-13,17,25,38H,8,11,14-16,18H2,1-4H3/t25-,33-/m0/s1. The zero-order valence-electron chi connectivity index (χ0n) is 24.9. The molecule has 234 valence electrons. The Bertz CT molecular complexity index is 1580. The summed E-state index contributed by atoms with van der Waals surface area (Å²) in [6.07, 6.45) is 0.783. The summed E-state index contributed by atoms with van der Waals surface area (Å²) >= 11 is 6.60. The summed E-state index contributed by atoms with van der Waals surface area (Å²) < 4.78 is 54.6. The molecule has 1 saturated heterocycles. The van der Waals surface area contributed by atoms with E-state index in [4.69, 9.17) is 30.5 Å². The van der Waals surface area contributed by atoms with Crippen LogP contribution in [0.3, 0.4) is 0 Å². The van der Waals surface area contributed by atoms with Crippen LogP contribution in [-0.4, -0.2) is 60.6 Å². The van der Waals surface area contributed by atoms with Gasteiger partial charge in [0.15, 0.2) is 17.2 Å². The number of likely N-dealkylation sites (tertiary alicyclic amines) is 1. The van der Waals surface area contributed by atoms with Crippen LogP contribution in [-0.2, 0) is 21.5 Å². The number of hydrogen-bond acceptors (Lipinski definition) is 7. The number of ether oxygens (including phenoxy) is 4. The van der Waals surface area contributed by atoms with Crippen molar-refractivity contribution in [3.05, 3.63) is 81.9 Å². The highest BCUT2D eigenvalue weighted by Gasteiger charge is 2.54. The second-order valence-corrected chi connectivity index (χ2v) is 12.1. The summed E-state index contributed by atoms with van der Waals surface area (Å²) in [5.41, 5.74) is -1.52. The van der Waals surface area contributed by atoms with Gasteiger partial charge in [-0.2, -0.15) is 0 Å². The minimum atomic E-state index is -1.23. The Morgan fingerprint density at radius 1 is 1.14 bits per heavy atom. The molecule has 3 aromatic carbocycles. The molecule has 1 N–H and O–H groups in total. The molecule has 0 spiro atoms. The number of amides is 1. The molecule has 1 amide bonds. The Labute approximate surface area is 259 Å². The van der Waals surface area contributed by atoms with Crippen LogP contribution in [0.1, 0.15) is 55.1 Å². The van der Waals surface area contributed by atoms with Crippen molar-refractivity contribution in [2.24, 2.45) is 0 Å². The summed E-state index contributed by atoms with van der Waals surface area (Å²) in [7, 11) is 1.15. The van der Waals surface area contributed by atoms with Gasteiger partial charge >= 0.3 is 12.1 Å². The first kappa shape index (κ1) is 31.5. The smallest absolute Gasteiger partial charge is 0.410 e. The number of nitrogens with zero attached hydrogens (tertiary/aromatic N) is 1. The molecule has 0 aromatic heterocycles. The van der Waals surface area contributed by atoms with E-state index in [1.165, 1.54) is 12.1 Å². The minimum absolute atomic E-state index is 0.0629. The molecule has 44 heavy (non-hydrogen) atoms. The maximum atomic E-state index is 16.3. The van der Waals surface area contributed by atoms with E-state index in [0.29, 0.717) is 30.5 Å². The lowest BCUT2D eigenvalue weighted by molar-refractivity contribution is -0.0216. The van der Waals surface area contributed by atoms with Gasteiger partial charge in [-0.15, -0.1) is 0 Å². The average molecular weight is 630 g/mol. The van der Waals surface area contributed by atoms with E-state index in [-0.39, 0.29) is 47.8 Å². The number of aliphatic hydroxyl groups excluding tert-OH is 1. The maximum Gasteiger partial charge on any atom is 0.410 e. The zero-order valence-corrected chi connectivity index (χ0v) is 25.7. The number of esters is 1. The molecule has 1 fully saturated rings. The summed E-state index contributed by atoms with van der Waals surface area (Å²) in [6, 6.07) is 12.4. The van der Waals surface area contributed by atoms with Crippen molar-refractivity contribution in [2.75, 3.05) is 26.9 Å². The quantitative estimate of drug-likeness (QED) is 0.292. The van der Waals surface area contributed by atoms with Crippen molar-refractivity contribution in [1.82, 2.24) is 4.90 Å². The summed E-state index contributed by atoms with van der Waals surface area (Å²) in [4.78, 5) is 27.9. The number of aliphatic hydroxyl groups is 1. The predicted molar refractivity (Wildman–Crippen MR) is 159 cm³/mol. The molecule has 0 unspecified atom stereocenters. The van der Waals surface area contributed by atoms with E-state index in [9.17, 15) is 14.7 Å². The molecule has 0 radical (unpaired) electrons. The Hall–Kier alpha value is -3.89. The third kappa shape index (κ3) is 5.68. The van der Waals surface area contributed by atoms with Crippen LogP contribution in [0.15, 0.2) is 48.5 Å². The van der Waals surface area contributed by atoms with Gasteiger partial charge in [-0.1, -0.05) is 41.9 Å². The van der Waals surface area contributed by atoms with Gasteiger partial charge < -0.3 is 29.0 Å². The van der Waals surface area contributed by atoms with Crippen LogP contribution in [0.5, 0.6) is 11.5 Å². The fourth-order valence-electron chi connectivity index (χ4n) is 6.06. The number of carbonyl (C=O) groups excluding carboxylic acids is 2. The monoisotopic (exact) mass is 629 g/mol. The molecule has 2 aliphatic rings. The third-order valence-corrected chi connectivity index (χ3v) is 8.18. The van der Waals surface area contributed by atoms with Crippen molar-refractivity contribution in [2.45, 2.75) is 57.3 Å². The fraction of sp³-hybridized carbons (Fsp3) is 0.394. The average Bonchev–Trinajstić information content (AvgIpc) is 3.63. The molecule has 11 heteroatoms. The Morgan fingerprint density at radius 3 is 2.52 bits per heavy atom. The van der Waals surface area contributed by atoms with Crippen molar-refractivity contribution in [3.63, 3.8) is 0 Å². The third-order valence-electron chi connectivity index (χ3n) is 7.81. The molecular weight excluding hydrogens is 596 g/mol. The molecule has 2 aliphatic heterocycles. The maximum absolute atomic E-state index is 16.3. The summed E-state index contributed by atoms with van der Waals surface area (Å²) in [6.45, 7) is 5.17. The largest absolute Gasteiger partial charge is 0.488 e. The molecule has 2 atom stereocenters. The van der Waals surface area contributed by atoms with Crippen LogP contribution < -0.4 is 9.47 Å². The first-order chi connectivity index (χ1) is 20.9. The molecule has 5 rings (SSSR count). The first-order valence-corrected chi connectivity index (χ1v) is 14.7. The van der Waals surface area contributed by atoms with Gasteiger partial charge in [0, 0.05) is 35.7 Å². The van der Waals surface area contributed by atoms with Crippen molar-refractivity contribution >= 4 is 23.7 Å². The number of rotatable bonds is 7. The topological polar surface area (TPSA) is 94.5 Å². The van der Waals surface area contributed by atoms with Gasteiger partial charge in [-0.3, -0.25) is 0 Å².